The van der Waals surface area contributed by atoms with Crippen LogP contribution in [0, 0.1) is 5.82 Å². The van der Waals surface area contributed by atoms with Crippen LogP contribution in [0.4, 0.5) is 4.39 Å². The SMILES string of the molecule is CC(C)c1c(C(=O)NCc2ccc(C(=O)O)o2)cnn1-c1ccc(F)cc1. The Morgan fingerprint density at radius 2 is 1.93 bits per heavy atom. The maximum Gasteiger partial charge on any atom is 0.371 e. The summed E-state index contributed by atoms with van der Waals surface area (Å²) in [7, 11) is 0. The summed E-state index contributed by atoms with van der Waals surface area (Å²) in [6.07, 6.45) is 1.46. The minimum Gasteiger partial charge on any atom is -0.475 e. The summed E-state index contributed by atoms with van der Waals surface area (Å²) >= 11 is 0. The van der Waals surface area contributed by atoms with Crippen molar-refractivity contribution in [1.82, 2.24) is 15.1 Å². The molecule has 2 aromatic heterocycles. The molecule has 27 heavy (non-hydrogen) atoms. The Labute approximate surface area is 154 Å². The monoisotopic (exact) mass is 371 g/mol. The van der Waals surface area contributed by atoms with Crippen LogP contribution in [0.15, 0.2) is 47.0 Å². The molecule has 3 aromatic rings. The number of aromatic carboxylic acids is 1. The quantitative estimate of drug-likeness (QED) is 0.692. The number of carboxylic acid groups (broad SMARTS) is 1. The van der Waals surface area contributed by atoms with Crippen LogP contribution in [0.2, 0.25) is 0 Å². The van der Waals surface area contributed by atoms with Crippen molar-refractivity contribution in [3.63, 3.8) is 0 Å². The average Bonchev–Trinajstić information content (AvgIpc) is 3.27. The maximum absolute atomic E-state index is 13.2. The van der Waals surface area contributed by atoms with Gasteiger partial charge in [-0.15, -0.1) is 0 Å². The number of nitrogens with zero attached hydrogens (tertiary/aromatic N) is 2. The predicted molar refractivity (Wildman–Crippen MR) is 94.4 cm³/mol. The molecule has 0 aliphatic rings. The number of carbonyl (C=O) groups is 2. The molecule has 0 saturated carbocycles. The van der Waals surface area contributed by atoms with E-state index in [0.29, 0.717) is 22.7 Å². The normalized spacial score (nSPS) is 11.0. The van der Waals surface area contributed by atoms with E-state index in [0.717, 1.165) is 0 Å². The van der Waals surface area contributed by atoms with Gasteiger partial charge in [-0.05, 0) is 42.3 Å². The van der Waals surface area contributed by atoms with E-state index in [4.69, 9.17) is 9.52 Å². The first-order chi connectivity index (χ1) is 12.9. The first-order valence-corrected chi connectivity index (χ1v) is 8.31. The van der Waals surface area contributed by atoms with E-state index >= 15 is 0 Å². The number of amides is 1. The van der Waals surface area contributed by atoms with Crippen molar-refractivity contribution in [2.75, 3.05) is 0 Å². The van der Waals surface area contributed by atoms with Crippen LogP contribution in [-0.2, 0) is 6.54 Å². The van der Waals surface area contributed by atoms with E-state index in [2.05, 4.69) is 10.4 Å². The Balaban J connectivity index is 1.81. The first-order valence-electron chi connectivity index (χ1n) is 8.31. The highest BCUT2D eigenvalue weighted by atomic mass is 19.1. The van der Waals surface area contributed by atoms with Gasteiger partial charge in [0.25, 0.3) is 5.91 Å². The molecular formula is C19H18FN3O4. The summed E-state index contributed by atoms with van der Waals surface area (Å²) < 4.78 is 19.9. The van der Waals surface area contributed by atoms with Gasteiger partial charge in [-0.25, -0.2) is 13.9 Å². The lowest BCUT2D eigenvalue weighted by molar-refractivity contribution is 0.0660. The molecule has 7 nitrogen and oxygen atoms in total. The number of hydrogen-bond acceptors (Lipinski definition) is 4. The zero-order chi connectivity index (χ0) is 19.6. The van der Waals surface area contributed by atoms with Gasteiger partial charge in [0, 0.05) is 0 Å². The summed E-state index contributed by atoms with van der Waals surface area (Å²) in [6.45, 7) is 3.91. The molecule has 0 saturated heterocycles. The maximum atomic E-state index is 13.2. The molecule has 1 amide bonds. The molecule has 0 fully saturated rings. The number of furan rings is 1. The lowest BCUT2D eigenvalue weighted by Crippen LogP contribution is -2.24. The van der Waals surface area contributed by atoms with Crippen molar-refractivity contribution < 1.29 is 23.5 Å². The van der Waals surface area contributed by atoms with Crippen LogP contribution in [0.25, 0.3) is 5.69 Å². The average molecular weight is 371 g/mol. The highest BCUT2D eigenvalue weighted by Crippen LogP contribution is 2.23. The number of hydrogen-bond donors (Lipinski definition) is 2. The fourth-order valence-electron chi connectivity index (χ4n) is 2.73. The molecule has 2 heterocycles. The van der Waals surface area contributed by atoms with E-state index in [9.17, 15) is 14.0 Å². The van der Waals surface area contributed by atoms with E-state index in [-0.39, 0.29) is 29.9 Å². The second-order valence-corrected chi connectivity index (χ2v) is 6.24. The van der Waals surface area contributed by atoms with E-state index in [1.54, 1.807) is 16.8 Å². The summed E-state index contributed by atoms with van der Waals surface area (Å²) in [5, 5.41) is 15.8. The smallest absolute Gasteiger partial charge is 0.371 e. The van der Waals surface area contributed by atoms with Crippen molar-refractivity contribution in [3.8, 4) is 5.69 Å². The third-order valence-electron chi connectivity index (χ3n) is 3.96. The molecule has 0 bridgehead atoms. The molecule has 2 N–H and O–H groups in total. The van der Waals surface area contributed by atoms with Gasteiger partial charge in [0.15, 0.2) is 0 Å². The number of carboxylic acids is 1. The molecular weight excluding hydrogens is 353 g/mol. The highest BCUT2D eigenvalue weighted by Gasteiger charge is 2.21. The van der Waals surface area contributed by atoms with E-state index in [1.807, 2.05) is 13.8 Å². The number of carbonyl (C=O) groups excluding carboxylic acids is 1. The third kappa shape index (κ3) is 3.89. The summed E-state index contributed by atoms with van der Waals surface area (Å²) in [5.74, 6) is -1.76. The molecule has 0 unspecified atom stereocenters. The number of halogens is 1. The van der Waals surface area contributed by atoms with Gasteiger partial charge in [-0.3, -0.25) is 4.79 Å². The fourth-order valence-corrected chi connectivity index (χ4v) is 2.73. The zero-order valence-electron chi connectivity index (χ0n) is 14.8. The highest BCUT2D eigenvalue weighted by molar-refractivity contribution is 5.95. The molecule has 0 radical (unpaired) electrons. The number of nitrogens with one attached hydrogen (secondary N) is 1. The molecule has 0 atom stereocenters. The predicted octanol–water partition coefficient (Wildman–Crippen LogP) is 3.36. The van der Waals surface area contributed by atoms with Gasteiger partial charge in [0.2, 0.25) is 5.76 Å². The molecule has 140 valence electrons. The second-order valence-electron chi connectivity index (χ2n) is 6.24. The Morgan fingerprint density at radius 1 is 1.22 bits per heavy atom. The minimum absolute atomic E-state index is 0.0134. The Morgan fingerprint density at radius 3 is 2.52 bits per heavy atom. The lowest BCUT2D eigenvalue weighted by atomic mass is 10.0. The van der Waals surface area contributed by atoms with Crippen molar-refractivity contribution in [3.05, 3.63) is 71.2 Å². The molecule has 1 aromatic carbocycles. The van der Waals surface area contributed by atoms with Gasteiger partial charge < -0.3 is 14.8 Å². The Bertz CT molecular complexity index is 973. The molecule has 3 rings (SSSR count). The van der Waals surface area contributed by atoms with Crippen LogP contribution in [0.1, 0.15) is 52.1 Å². The summed E-state index contributed by atoms with van der Waals surface area (Å²) in [4.78, 5) is 23.4. The van der Waals surface area contributed by atoms with Crippen LogP contribution in [-0.4, -0.2) is 26.8 Å². The van der Waals surface area contributed by atoms with Crippen LogP contribution >= 0.6 is 0 Å². The molecule has 8 heteroatoms. The van der Waals surface area contributed by atoms with Gasteiger partial charge in [-0.1, -0.05) is 13.8 Å². The number of benzene rings is 1. The summed E-state index contributed by atoms with van der Waals surface area (Å²) in [5.41, 5.74) is 1.72. The van der Waals surface area contributed by atoms with Crippen molar-refractivity contribution in [1.29, 1.82) is 0 Å². The number of rotatable bonds is 6. The zero-order valence-corrected chi connectivity index (χ0v) is 14.8. The second kappa shape index (κ2) is 7.45. The largest absolute Gasteiger partial charge is 0.475 e. The Kier molecular flexibility index (Phi) is 5.07. The van der Waals surface area contributed by atoms with Gasteiger partial charge in [0.1, 0.15) is 11.6 Å². The fraction of sp³-hybridized carbons (Fsp3) is 0.211. The summed E-state index contributed by atoms with van der Waals surface area (Å²) in [6, 6.07) is 8.67. The van der Waals surface area contributed by atoms with Gasteiger partial charge in [0.05, 0.1) is 29.7 Å². The topological polar surface area (TPSA) is 97.4 Å². The van der Waals surface area contributed by atoms with E-state index in [1.165, 1.54) is 30.5 Å². The molecule has 0 aliphatic heterocycles. The van der Waals surface area contributed by atoms with Crippen LogP contribution in [0.3, 0.4) is 0 Å². The standard InChI is InChI=1S/C19H18FN3O4/c1-11(2)17-15(10-22-23(17)13-5-3-12(20)4-6-13)18(24)21-9-14-7-8-16(27-14)19(25)26/h3-8,10-11H,9H2,1-2H3,(H,21,24)(H,25,26). The van der Waals surface area contributed by atoms with E-state index < -0.39 is 5.97 Å². The van der Waals surface area contributed by atoms with Crippen LogP contribution in [0.5, 0.6) is 0 Å². The Hall–Kier alpha value is -3.42. The lowest BCUT2D eigenvalue weighted by Gasteiger charge is -2.13. The van der Waals surface area contributed by atoms with Crippen molar-refractivity contribution in [2.24, 2.45) is 0 Å². The minimum atomic E-state index is -1.17. The molecule has 0 aliphatic carbocycles. The number of aromatic nitrogens is 2. The van der Waals surface area contributed by atoms with Crippen LogP contribution < -0.4 is 5.32 Å². The van der Waals surface area contributed by atoms with Gasteiger partial charge >= 0.3 is 5.97 Å². The molecule has 0 spiro atoms. The first kappa shape index (κ1) is 18.4. The third-order valence-corrected chi connectivity index (χ3v) is 3.96. The van der Waals surface area contributed by atoms with Gasteiger partial charge in [-0.2, -0.15) is 5.10 Å². The van der Waals surface area contributed by atoms with Crippen molar-refractivity contribution in [2.45, 2.75) is 26.3 Å². The van der Waals surface area contributed by atoms with Crippen molar-refractivity contribution >= 4 is 11.9 Å².